The molecule has 2 aromatic rings. The summed E-state index contributed by atoms with van der Waals surface area (Å²) in [6.45, 7) is 1.25. The van der Waals surface area contributed by atoms with Crippen molar-refractivity contribution in [3.8, 4) is 0 Å². The van der Waals surface area contributed by atoms with Crippen molar-refractivity contribution < 1.29 is 22.7 Å². The number of ether oxygens (including phenoxy) is 1. The zero-order valence-electron chi connectivity index (χ0n) is 15.7. The van der Waals surface area contributed by atoms with Crippen molar-refractivity contribution in [1.29, 1.82) is 0 Å². The Morgan fingerprint density at radius 1 is 0.929 bits per heavy atom. The van der Waals surface area contributed by atoms with E-state index in [4.69, 9.17) is 4.74 Å². The molecule has 6 nitrogen and oxygen atoms in total. The summed E-state index contributed by atoms with van der Waals surface area (Å²) in [5, 5.41) is 0. The van der Waals surface area contributed by atoms with Crippen molar-refractivity contribution in [1.82, 2.24) is 4.90 Å². The van der Waals surface area contributed by atoms with Crippen LogP contribution in [0.1, 0.15) is 41.3 Å². The number of piperidine rings is 1. The van der Waals surface area contributed by atoms with E-state index in [2.05, 4.69) is 0 Å². The molecule has 1 atom stereocenters. The van der Waals surface area contributed by atoms with Gasteiger partial charge in [0.05, 0.1) is 10.5 Å². The Bertz CT molecular complexity index is 950. The van der Waals surface area contributed by atoms with E-state index in [1.165, 1.54) is 12.1 Å². The third-order valence-electron chi connectivity index (χ3n) is 4.73. The van der Waals surface area contributed by atoms with Crippen LogP contribution < -0.4 is 0 Å². The van der Waals surface area contributed by atoms with Crippen LogP contribution in [0.5, 0.6) is 0 Å². The molecule has 3 rings (SSSR count). The fraction of sp³-hybridized carbons (Fsp3) is 0.333. The van der Waals surface area contributed by atoms with Gasteiger partial charge in [0.15, 0.2) is 9.84 Å². The van der Waals surface area contributed by atoms with Gasteiger partial charge >= 0.3 is 5.97 Å². The van der Waals surface area contributed by atoms with Gasteiger partial charge in [0, 0.05) is 24.9 Å². The molecule has 1 aliphatic rings. The molecule has 2 aromatic carbocycles. The summed E-state index contributed by atoms with van der Waals surface area (Å²) in [5.74, 6) is -1.11. The summed E-state index contributed by atoms with van der Waals surface area (Å²) in [7, 11) is -3.62. The van der Waals surface area contributed by atoms with E-state index < -0.39 is 21.9 Å². The van der Waals surface area contributed by atoms with Crippen LogP contribution in [0.25, 0.3) is 0 Å². The molecule has 0 saturated carbocycles. The standard InChI is InChI=1S/C21H23NO5S/c1-28(25,26)18-13-7-6-12-17(18)21(24)27-19(16-10-4-2-5-11-16)20(23)22-14-8-3-9-15-22/h2,4-7,10-13,19H,3,8-9,14-15H2,1H3/t19-/m1/s1. The molecule has 0 unspecified atom stereocenters. The summed E-state index contributed by atoms with van der Waals surface area (Å²) in [6.07, 6.45) is 2.82. The minimum absolute atomic E-state index is 0.0719. The highest BCUT2D eigenvalue weighted by Crippen LogP contribution is 2.25. The van der Waals surface area contributed by atoms with E-state index in [0.717, 1.165) is 25.5 Å². The molecular weight excluding hydrogens is 378 g/mol. The van der Waals surface area contributed by atoms with Gasteiger partial charge in [-0.2, -0.15) is 0 Å². The van der Waals surface area contributed by atoms with Crippen LogP contribution in [0.4, 0.5) is 0 Å². The van der Waals surface area contributed by atoms with E-state index >= 15 is 0 Å². The van der Waals surface area contributed by atoms with Crippen LogP contribution in [-0.4, -0.2) is 44.5 Å². The lowest BCUT2D eigenvalue weighted by Gasteiger charge is -2.30. The van der Waals surface area contributed by atoms with Gasteiger partial charge in [0.25, 0.3) is 5.91 Å². The normalized spacial score (nSPS) is 15.7. The summed E-state index contributed by atoms with van der Waals surface area (Å²) < 4.78 is 29.6. The van der Waals surface area contributed by atoms with Crippen LogP contribution in [0.15, 0.2) is 59.5 Å². The molecule has 7 heteroatoms. The van der Waals surface area contributed by atoms with Crippen molar-refractivity contribution in [2.24, 2.45) is 0 Å². The summed E-state index contributed by atoms with van der Waals surface area (Å²) in [5.41, 5.74) is 0.487. The molecule has 1 aliphatic heterocycles. The molecule has 0 radical (unpaired) electrons. The van der Waals surface area contributed by atoms with Crippen LogP contribution >= 0.6 is 0 Å². The van der Waals surface area contributed by atoms with Gasteiger partial charge in [0.1, 0.15) is 0 Å². The van der Waals surface area contributed by atoms with Crippen molar-refractivity contribution in [3.05, 3.63) is 65.7 Å². The summed E-state index contributed by atoms with van der Waals surface area (Å²) in [6, 6.07) is 14.7. The van der Waals surface area contributed by atoms with Gasteiger partial charge in [-0.15, -0.1) is 0 Å². The minimum Gasteiger partial charge on any atom is -0.444 e. The van der Waals surface area contributed by atoms with Gasteiger partial charge in [-0.1, -0.05) is 42.5 Å². The van der Waals surface area contributed by atoms with Crippen molar-refractivity contribution >= 4 is 21.7 Å². The molecule has 0 aliphatic carbocycles. The van der Waals surface area contributed by atoms with E-state index in [1.54, 1.807) is 41.3 Å². The largest absolute Gasteiger partial charge is 0.444 e. The molecule has 1 amide bonds. The van der Waals surface area contributed by atoms with Gasteiger partial charge in [0.2, 0.25) is 6.10 Å². The fourth-order valence-corrected chi connectivity index (χ4v) is 4.17. The molecule has 28 heavy (non-hydrogen) atoms. The lowest BCUT2D eigenvalue weighted by Crippen LogP contribution is -2.40. The molecule has 0 spiro atoms. The number of amides is 1. The maximum atomic E-state index is 13.1. The van der Waals surface area contributed by atoms with Crippen LogP contribution in [0.3, 0.4) is 0 Å². The van der Waals surface area contributed by atoms with E-state index in [-0.39, 0.29) is 16.4 Å². The zero-order valence-corrected chi connectivity index (χ0v) is 16.5. The molecule has 0 N–H and O–H groups in total. The first-order valence-electron chi connectivity index (χ1n) is 9.22. The predicted octanol–water partition coefficient (Wildman–Crippen LogP) is 3.00. The molecule has 0 bridgehead atoms. The average Bonchev–Trinajstić information content (AvgIpc) is 2.72. The zero-order chi connectivity index (χ0) is 20.1. The lowest BCUT2D eigenvalue weighted by atomic mass is 10.1. The number of carbonyl (C=O) groups excluding carboxylic acids is 2. The van der Waals surface area contributed by atoms with E-state index in [0.29, 0.717) is 18.7 Å². The molecule has 1 fully saturated rings. The number of carbonyl (C=O) groups is 2. The average molecular weight is 401 g/mol. The Hall–Kier alpha value is -2.67. The Morgan fingerprint density at radius 3 is 2.18 bits per heavy atom. The van der Waals surface area contributed by atoms with Crippen LogP contribution in [-0.2, 0) is 19.4 Å². The summed E-state index contributed by atoms with van der Waals surface area (Å²) >= 11 is 0. The second-order valence-corrected chi connectivity index (χ2v) is 8.83. The molecule has 148 valence electrons. The second kappa shape index (κ2) is 8.56. The first kappa shape index (κ1) is 20.1. The van der Waals surface area contributed by atoms with Gasteiger partial charge in [-0.05, 0) is 31.4 Å². The monoisotopic (exact) mass is 401 g/mol. The van der Waals surface area contributed by atoms with Gasteiger partial charge < -0.3 is 9.64 Å². The number of hydrogen-bond acceptors (Lipinski definition) is 5. The topological polar surface area (TPSA) is 80.7 Å². The number of rotatable bonds is 5. The Labute approximate surface area is 165 Å². The SMILES string of the molecule is CS(=O)(=O)c1ccccc1C(=O)O[C@@H](C(=O)N1CCCCC1)c1ccccc1. The van der Waals surface area contributed by atoms with Gasteiger partial charge in [-0.3, -0.25) is 4.79 Å². The number of esters is 1. The molecule has 0 aromatic heterocycles. The Balaban J connectivity index is 1.92. The van der Waals surface area contributed by atoms with E-state index in [1.807, 2.05) is 6.07 Å². The Kier molecular flexibility index (Phi) is 6.14. The number of benzene rings is 2. The molecule has 1 saturated heterocycles. The highest BCUT2D eigenvalue weighted by atomic mass is 32.2. The fourth-order valence-electron chi connectivity index (χ4n) is 3.30. The third kappa shape index (κ3) is 4.59. The lowest BCUT2D eigenvalue weighted by molar-refractivity contribution is -0.142. The number of likely N-dealkylation sites (tertiary alicyclic amines) is 1. The highest BCUT2D eigenvalue weighted by molar-refractivity contribution is 7.90. The van der Waals surface area contributed by atoms with Gasteiger partial charge in [-0.25, -0.2) is 13.2 Å². The maximum absolute atomic E-state index is 13.1. The smallest absolute Gasteiger partial charge is 0.340 e. The first-order chi connectivity index (χ1) is 13.4. The maximum Gasteiger partial charge on any atom is 0.340 e. The summed E-state index contributed by atoms with van der Waals surface area (Å²) in [4.78, 5) is 27.5. The van der Waals surface area contributed by atoms with Crippen molar-refractivity contribution in [2.75, 3.05) is 19.3 Å². The highest BCUT2D eigenvalue weighted by Gasteiger charge is 2.31. The number of sulfone groups is 1. The first-order valence-corrected chi connectivity index (χ1v) is 11.1. The second-order valence-electron chi connectivity index (χ2n) is 6.85. The quantitative estimate of drug-likeness (QED) is 0.720. The van der Waals surface area contributed by atoms with Crippen LogP contribution in [0, 0.1) is 0 Å². The number of nitrogens with zero attached hydrogens (tertiary/aromatic N) is 1. The third-order valence-corrected chi connectivity index (χ3v) is 5.88. The Morgan fingerprint density at radius 2 is 1.54 bits per heavy atom. The van der Waals surface area contributed by atoms with Crippen molar-refractivity contribution in [3.63, 3.8) is 0 Å². The molecular formula is C21H23NO5S. The minimum atomic E-state index is -3.62. The van der Waals surface area contributed by atoms with Crippen LogP contribution in [0.2, 0.25) is 0 Å². The van der Waals surface area contributed by atoms with E-state index in [9.17, 15) is 18.0 Å². The van der Waals surface area contributed by atoms with Crippen molar-refractivity contribution in [2.45, 2.75) is 30.3 Å². The number of hydrogen-bond donors (Lipinski definition) is 0. The molecule has 1 heterocycles. The predicted molar refractivity (Wildman–Crippen MR) is 105 cm³/mol.